The molecule has 1 aliphatic heterocycles. The maximum absolute atomic E-state index is 9.45. The summed E-state index contributed by atoms with van der Waals surface area (Å²) in [6, 6.07) is 0.504. The van der Waals surface area contributed by atoms with Gasteiger partial charge < -0.3 is 15.2 Å². The predicted octanol–water partition coefficient (Wildman–Crippen LogP) is 2.44. The summed E-state index contributed by atoms with van der Waals surface area (Å²) in [6.07, 6.45) is 2.45. The second-order valence-corrected chi connectivity index (χ2v) is 7.42. The molecular formula is C15H31NO2. The molecule has 1 heterocycles. The standard InChI is InChI=1S/C15H31NO2/c1-12(2)6-7-13(14(3,4)5)16-8-15(9-17)10-18-11-15/h12-13,16-17H,6-11H2,1-5H3. The highest BCUT2D eigenvalue weighted by molar-refractivity contribution is 4.90. The zero-order valence-corrected chi connectivity index (χ0v) is 12.8. The van der Waals surface area contributed by atoms with E-state index >= 15 is 0 Å². The first-order chi connectivity index (χ1) is 8.29. The molecule has 1 unspecified atom stereocenters. The number of nitrogens with one attached hydrogen (secondary N) is 1. The molecule has 0 bridgehead atoms. The van der Waals surface area contributed by atoms with E-state index in [1.807, 2.05) is 0 Å². The summed E-state index contributed by atoms with van der Waals surface area (Å²) in [7, 11) is 0. The summed E-state index contributed by atoms with van der Waals surface area (Å²) < 4.78 is 5.25. The Labute approximate surface area is 112 Å². The monoisotopic (exact) mass is 257 g/mol. The van der Waals surface area contributed by atoms with Gasteiger partial charge >= 0.3 is 0 Å². The molecule has 0 spiro atoms. The van der Waals surface area contributed by atoms with Gasteiger partial charge in [0, 0.05) is 12.6 Å². The molecule has 1 rings (SSSR count). The first-order valence-corrected chi connectivity index (χ1v) is 7.21. The molecule has 1 saturated heterocycles. The van der Waals surface area contributed by atoms with Crippen LogP contribution in [0.25, 0.3) is 0 Å². The number of hydrogen-bond donors (Lipinski definition) is 2. The third-order valence-corrected chi connectivity index (χ3v) is 3.95. The Morgan fingerprint density at radius 2 is 1.83 bits per heavy atom. The van der Waals surface area contributed by atoms with Crippen molar-refractivity contribution in [1.29, 1.82) is 0 Å². The fourth-order valence-electron chi connectivity index (χ4n) is 2.32. The lowest BCUT2D eigenvalue weighted by Gasteiger charge is -2.42. The molecule has 1 fully saturated rings. The fourth-order valence-corrected chi connectivity index (χ4v) is 2.32. The number of aliphatic hydroxyl groups excluding tert-OH is 1. The van der Waals surface area contributed by atoms with Crippen LogP contribution >= 0.6 is 0 Å². The summed E-state index contributed by atoms with van der Waals surface area (Å²) in [4.78, 5) is 0. The van der Waals surface area contributed by atoms with Crippen molar-refractivity contribution in [2.24, 2.45) is 16.7 Å². The zero-order valence-electron chi connectivity index (χ0n) is 12.8. The van der Waals surface area contributed by atoms with Crippen molar-refractivity contribution < 1.29 is 9.84 Å². The Morgan fingerprint density at radius 1 is 1.22 bits per heavy atom. The van der Waals surface area contributed by atoms with Crippen LogP contribution in [0.5, 0.6) is 0 Å². The van der Waals surface area contributed by atoms with Crippen molar-refractivity contribution in [2.75, 3.05) is 26.4 Å². The van der Waals surface area contributed by atoms with Gasteiger partial charge in [-0.1, -0.05) is 34.6 Å². The quantitative estimate of drug-likeness (QED) is 0.736. The van der Waals surface area contributed by atoms with E-state index in [2.05, 4.69) is 39.9 Å². The van der Waals surface area contributed by atoms with E-state index < -0.39 is 0 Å². The lowest BCUT2D eigenvalue weighted by Crippen LogP contribution is -2.55. The van der Waals surface area contributed by atoms with Gasteiger partial charge in [0.15, 0.2) is 0 Å². The molecule has 0 aromatic carbocycles. The molecular weight excluding hydrogens is 226 g/mol. The van der Waals surface area contributed by atoms with Gasteiger partial charge in [0.25, 0.3) is 0 Å². The van der Waals surface area contributed by atoms with Gasteiger partial charge in [0.05, 0.1) is 25.2 Å². The SMILES string of the molecule is CC(C)CCC(NCC1(CO)COC1)C(C)(C)C. The van der Waals surface area contributed by atoms with Crippen LogP contribution in [0.2, 0.25) is 0 Å². The second kappa shape index (κ2) is 6.36. The lowest BCUT2D eigenvalue weighted by molar-refractivity contribution is -0.136. The summed E-state index contributed by atoms with van der Waals surface area (Å²) in [5.41, 5.74) is 0.234. The minimum atomic E-state index is -0.0265. The molecule has 0 aromatic heterocycles. The molecule has 108 valence electrons. The van der Waals surface area contributed by atoms with Gasteiger partial charge in [-0.15, -0.1) is 0 Å². The first kappa shape index (κ1) is 15.9. The maximum Gasteiger partial charge on any atom is 0.0579 e. The molecule has 3 heteroatoms. The van der Waals surface area contributed by atoms with E-state index in [0.717, 1.165) is 12.5 Å². The Kier molecular flexibility index (Phi) is 5.63. The van der Waals surface area contributed by atoms with Crippen molar-refractivity contribution in [3.05, 3.63) is 0 Å². The Morgan fingerprint density at radius 3 is 2.17 bits per heavy atom. The van der Waals surface area contributed by atoms with Gasteiger partial charge in [0.2, 0.25) is 0 Å². The first-order valence-electron chi connectivity index (χ1n) is 7.21. The highest BCUT2D eigenvalue weighted by Crippen LogP contribution is 2.29. The molecule has 0 amide bonds. The summed E-state index contributed by atoms with van der Waals surface area (Å²) >= 11 is 0. The van der Waals surface area contributed by atoms with E-state index in [1.54, 1.807) is 0 Å². The van der Waals surface area contributed by atoms with Crippen LogP contribution in [-0.2, 0) is 4.74 Å². The molecule has 0 aromatic rings. The molecule has 0 saturated carbocycles. The van der Waals surface area contributed by atoms with Crippen LogP contribution in [0.3, 0.4) is 0 Å². The van der Waals surface area contributed by atoms with Crippen LogP contribution in [0.4, 0.5) is 0 Å². The van der Waals surface area contributed by atoms with E-state index in [1.165, 1.54) is 12.8 Å². The van der Waals surface area contributed by atoms with Gasteiger partial charge in [-0.3, -0.25) is 0 Å². The lowest BCUT2D eigenvalue weighted by atomic mass is 9.81. The summed E-state index contributed by atoms with van der Waals surface area (Å²) in [5, 5.41) is 13.1. The highest BCUT2D eigenvalue weighted by Gasteiger charge is 2.39. The predicted molar refractivity (Wildman–Crippen MR) is 75.7 cm³/mol. The topological polar surface area (TPSA) is 41.5 Å². The normalized spacial score (nSPS) is 20.8. The Bertz CT molecular complexity index is 236. The average molecular weight is 257 g/mol. The van der Waals surface area contributed by atoms with E-state index in [4.69, 9.17) is 4.74 Å². The maximum atomic E-state index is 9.45. The summed E-state index contributed by atoms with van der Waals surface area (Å²) in [5.74, 6) is 0.746. The van der Waals surface area contributed by atoms with Crippen LogP contribution in [0.15, 0.2) is 0 Å². The highest BCUT2D eigenvalue weighted by atomic mass is 16.5. The van der Waals surface area contributed by atoms with Crippen molar-refractivity contribution in [1.82, 2.24) is 5.32 Å². The molecule has 1 aliphatic rings. The van der Waals surface area contributed by atoms with Crippen molar-refractivity contribution >= 4 is 0 Å². The molecule has 18 heavy (non-hydrogen) atoms. The number of aliphatic hydroxyl groups is 1. The van der Waals surface area contributed by atoms with E-state index in [-0.39, 0.29) is 17.4 Å². The number of ether oxygens (including phenoxy) is 1. The van der Waals surface area contributed by atoms with E-state index in [9.17, 15) is 5.11 Å². The van der Waals surface area contributed by atoms with Gasteiger partial charge in [-0.05, 0) is 24.2 Å². The Balaban J connectivity index is 2.45. The van der Waals surface area contributed by atoms with E-state index in [0.29, 0.717) is 19.3 Å². The molecule has 2 N–H and O–H groups in total. The van der Waals surface area contributed by atoms with Crippen molar-refractivity contribution in [3.63, 3.8) is 0 Å². The van der Waals surface area contributed by atoms with Gasteiger partial charge in [-0.2, -0.15) is 0 Å². The molecule has 3 nitrogen and oxygen atoms in total. The number of hydrogen-bond acceptors (Lipinski definition) is 3. The van der Waals surface area contributed by atoms with Crippen molar-refractivity contribution in [3.8, 4) is 0 Å². The Hall–Kier alpha value is -0.120. The zero-order chi connectivity index (χ0) is 13.8. The van der Waals surface area contributed by atoms with Crippen LogP contribution < -0.4 is 5.32 Å². The fraction of sp³-hybridized carbons (Fsp3) is 1.00. The van der Waals surface area contributed by atoms with Crippen LogP contribution in [0.1, 0.15) is 47.5 Å². The minimum absolute atomic E-state index is 0.0265. The molecule has 0 aliphatic carbocycles. The number of rotatable bonds is 7. The third-order valence-electron chi connectivity index (χ3n) is 3.95. The summed E-state index contributed by atoms with van der Waals surface area (Å²) in [6.45, 7) is 13.9. The average Bonchev–Trinajstić information content (AvgIpc) is 2.18. The largest absolute Gasteiger partial charge is 0.396 e. The van der Waals surface area contributed by atoms with Crippen LogP contribution in [-0.4, -0.2) is 37.5 Å². The smallest absolute Gasteiger partial charge is 0.0579 e. The van der Waals surface area contributed by atoms with Crippen molar-refractivity contribution in [2.45, 2.75) is 53.5 Å². The molecule has 0 radical (unpaired) electrons. The van der Waals surface area contributed by atoms with Gasteiger partial charge in [0.1, 0.15) is 0 Å². The minimum Gasteiger partial charge on any atom is -0.396 e. The molecule has 1 atom stereocenters. The van der Waals surface area contributed by atoms with Crippen LogP contribution in [0, 0.1) is 16.7 Å². The third kappa shape index (κ3) is 4.52. The second-order valence-electron chi connectivity index (χ2n) is 7.42. The van der Waals surface area contributed by atoms with Gasteiger partial charge in [-0.25, -0.2) is 0 Å².